The number of fused-ring (bicyclic) bond motifs is 1. The molecule has 0 unspecified atom stereocenters. The molecule has 0 spiro atoms. The molecule has 2 heterocycles. The number of halogens is 3. The predicted octanol–water partition coefficient (Wildman–Crippen LogP) is 6.20. The van der Waals surface area contributed by atoms with Crippen LogP contribution in [-0.2, 0) is 11.2 Å². The van der Waals surface area contributed by atoms with E-state index in [9.17, 15) is 4.79 Å². The fraction of sp³-hybridized carbons (Fsp3) is 0.0526. The van der Waals surface area contributed by atoms with E-state index >= 15 is 0 Å². The highest BCUT2D eigenvalue weighted by molar-refractivity contribution is 7.15. The van der Waals surface area contributed by atoms with Crippen LogP contribution in [0.4, 0.5) is 5.69 Å². The van der Waals surface area contributed by atoms with Gasteiger partial charge in [0.15, 0.2) is 4.96 Å². The van der Waals surface area contributed by atoms with Crippen molar-refractivity contribution in [2.24, 2.45) is 0 Å². The zero-order valence-electron chi connectivity index (χ0n) is 13.7. The fourth-order valence-corrected chi connectivity index (χ4v) is 3.96. The van der Waals surface area contributed by atoms with Gasteiger partial charge in [-0.3, -0.25) is 9.20 Å². The fourth-order valence-electron chi connectivity index (χ4n) is 2.66. The Morgan fingerprint density at radius 3 is 2.59 bits per heavy atom. The molecule has 0 saturated carbocycles. The molecule has 8 heteroatoms. The monoisotopic (exact) mass is 435 g/mol. The zero-order valence-corrected chi connectivity index (χ0v) is 16.8. The quantitative estimate of drug-likeness (QED) is 0.414. The van der Waals surface area contributed by atoms with Gasteiger partial charge in [0.2, 0.25) is 5.91 Å². The molecule has 4 rings (SSSR count). The number of hydrogen-bond donors (Lipinski definition) is 1. The molecule has 0 aliphatic heterocycles. The molecule has 1 N–H and O–H groups in total. The largest absolute Gasteiger partial charge is 0.326 e. The average molecular weight is 437 g/mol. The van der Waals surface area contributed by atoms with Crippen molar-refractivity contribution in [1.29, 1.82) is 0 Å². The Morgan fingerprint density at radius 1 is 1.07 bits per heavy atom. The molecule has 0 radical (unpaired) electrons. The number of rotatable bonds is 4. The summed E-state index contributed by atoms with van der Waals surface area (Å²) in [6, 6.07) is 12.5. The standard InChI is InChI=1S/C19H12Cl3N3OS/c20-12-3-1-11(2-4-12)17-9-25-14(10-27-19(25)24-17)8-18(26)23-13-5-6-15(21)16(22)7-13/h1-7,9-10H,8H2,(H,23,26). The van der Waals surface area contributed by atoms with E-state index in [0.29, 0.717) is 20.8 Å². The predicted molar refractivity (Wildman–Crippen MR) is 112 cm³/mol. The van der Waals surface area contributed by atoms with Gasteiger partial charge in [0.1, 0.15) is 0 Å². The highest BCUT2D eigenvalue weighted by Gasteiger charge is 2.13. The van der Waals surface area contributed by atoms with Crippen LogP contribution >= 0.6 is 46.1 Å². The van der Waals surface area contributed by atoms with Crippen molar-refractivity contribution in [3.05, 3.63) is 74.8 Å². The minimum atomic E-state index is -0.144. The van der Waals surface area contributed by atoms with Gasteiger partial charge in [0, 0.05) is 33.5 Å². The van der Waals surface area contributed by atoms with Gasteiger partial charge >= 0.3 is 0 Å². The summed E-state index contributed by atoms with van der Waals surface area (Å²) in [6.07, 6.45) is 2.15. The van der Waals surface area contributed by atoms with Crippen molar-refractivity contribution in [1.82, 2.24) is 9.38 Å². The molecule has 136 valence electrons. The van der Waals surface area contributed by atoms with E-state index in [0.717, 1.165) is 21.9 Å². The third-order valence-electron chi connectivity index (χ3n) is 3.97. The van der Waals surface area contributed by atoms with Crippen molar-refractivity contribution in [3.63, 3.8) is 0 Å². The van der Waals surface area contributed by atoms with Crippen LogP contribution < -0.4 is 5.32 Å². The number of hydrogen-bond acceptors (Lipinski definition) is 3. The van der Waals surface area contributed by atoms with Crippen LogP contribution in [-0.4, -0.2) is 15.3 Å². The number of anilines is 1. The highest BCUT2D eigenvalue weighted by Crippen LogP contribution is 2.27. The number of benzene rings is 2. The number of carbonyl (C=O) groups is 1. The summed E-state index contributed by atoms with van der Waals surface area (Å²) < 4.78 is 1.93. The van der Waals surface area contributed by atoms with Gasteiger partial charge in [0.05, 0.1) is 22.2 Å². The minimum absolute atomic E-state index is 0.144. The molecule has 4 aromatic rings. The lowest BCUT2D eigenvalue weighted by Crippen LogP contribution is -2.15. The number of imidazole rings is 1. The lowest BCUT2D eigenvalue weighted by molar-refractivity contribution is -0.115. The summed E-state index contributed by atoms with van der Waals surface area (Å²) in [5, 5.41) is 6.29. The summed E-state index contributed by atoms with van der Waals surface area (Å²) in [4.78, 5) is 17.9. The number of thiazole rings is 1. The molecule has 0 aliphatic carbocycles. The van der Waals surface area contributed by atoms with E-state index in [-0.39, 0.29) is 12.3 Å². The Kier molecular flexibility index (Phi) is 5.10. The molecule has 0 saturated heterocycles. The van der Waals surface area contributed by atoms with Gasteiger partial charge in [-0.1, -0.05) is 46.9 Å². The van der Waals surface area contributed by atoms with E-state index in [4.69, 9.17) is 34.8 Å². The molecule has 0 fully saturated rings. The number of carbonyl (C=O) groups excluding carboxylic acids is 1. The van der Waals surface area contributed by atoms with Crippen LogP contribution in [0.3, 0.4) is 0 Å². The van der Waals surface area contributed by atoms with Crippen LogP contribution in [0.1, 0.15) is 5.69 Å². The van der Waals surface area contributed by atoms with Crippen molar-refractivity contribution in [2.45, 2.75) is 6.42 Å². The van der Waals surface area contributed by atoms with E-state index in [1.807, 2.05) is 40.2 Å². The number of aromatic nitrogens is 2. The van der Waals surface area contributed by atoms with Crippen molar-refractivity contribution >= 4 is 62.7 Å². The normalized spacial score (nSPS) is 11.1. The van der Waals surface area contributed by atoms with Gasteiger partial charge in [0.25, 0.3) is 0 Å². The first-order valence-electron chi connectivity index (χ1n) is 7.96. The lowest BCUT2D eigenvalue weighted by atomic mass is 10.2. The molecule has 1 amide bonds. The maximum absolute atomic E-state index is 12.4. The third kappa shape index (κ3) is 3.96. The molecule has 0 bridgehead atoms. The number of nitrogens with one attached hydrogen (secondary N) is 1. The first-order chi connectivity index (χ1) is 13.0. The third-order valence-corrected chi connectivity index (χ3v) is 5.85. The first-order valence-corrected chi connectivity index (χ1v) is 9.97. The Balaban J connectivity index is 1.54. The number of nitrogens with zero attached hydrogens (tertiary/aromatic N) is 2. The molecule has 27 heavy (non-hydrogen) atoms. The Hall–Kier alpha value is -2.05. The van der Waals surface area contributed by atoms with Gasteiger partial charge in [-0.25, -0.2) is 4.98 Å². The smallest absolute Gasteiger partial charge is 0.230 e. The van der Waals surface area contributed by atoms with E-state index in [1.54, 1.807) is 18.2 Å². The second-order valence-electron chi connectivity index (χ2n) is 5.87. The maximum Gasteiger partial charge on any atom is 0.230 e. The Morgan fingerprint density at radius 2 is 1.85 bits per heavy atom. The van der Waals surface area contributed by atoms with Crippen LogP contribution in [0.25, 0.3) is 16.2 Å². The van der Waals surface area contributed by atoms with E-state index < -0.39 is 0 Å². The van der Waals surface area contributed by atoms with Crippen LogP contribution in [0.15, 0.2) is 54.0 Å². The molecule has 2 aromatic carbocycles. The van der Waals surface area contributed by atoms with Crippen LogP contribution in [0, 0.1) is 0 Å². The average Bonchev–Trinajstić information content (AvgIpc) is 3.21. The summed E-state index contributed by atoms with van der Waals surface area (Å²) in [5.74, 6) is -0.144. The van der Waals surface area contributed by atoms with E-state index in [2.05, 4.69) is 10.3 Å². The summed E-state index contributed by atoms with van der Waals surface area (Å²) in [7, 11) is 0. The van der Waals surface area contributed by atoms with Gasteiger partial charge in [-0.15, -0.1) is 11.3 Å². The minimum Gasteiger partial charge on any atom is -0.326 e. The Bertz CT molecular complexity index is 1140. The molecule has 2 aromatic heterocycles. The molecule has 4 nitrogen and oxygen atoms in total. The van der Waals surface area contributed by atoms with Crippen molar-refractivity contribution in [3.8, 4) is 11.3 Å². The van der Waals surface area contributed by atoms with Gasteiger partial charge < -0.3 is 5.32 Å². The maximum atomic E-state index is 12.4. The van der Waals surface area contributed by atoms with Crippen LogP contribution in [0.5, 0.6) is 0 Å². The topological polar surface area (TPSA) is 46.4 Å². The molecular weight excluding hydrogens is 425 g/mol. The Labute approximate surface area is 174 Å². The van der Waals surface area contributed by atoms with Crippen molar-refractivity contribution in [2.75, 3.05) is 5.32 Å². The highest BCUT2D eigenvalue weighted by atomic mass is 35.5. The van der Waals surface area contributed by atoms with Crippen molar-refractivity contribution < 1.29 is 4.79 Å². The SMILES string of the molecule is O=C(Cc1csc2nc(-c3ccc(Cl)cc3)cn12)Nc1ccc(Cl)c(Cl)c1. The van der Waals surface area contributed by atoms with E-state index in [1.165, 1.54) is 11.3 Å². The summed E-state index contributed by atoms with van der Waals surface area (Å²) in [5.41, 5.74) is 3.28. The second kappa shape index (κ2) is 7.52. The first kappa shape index (κ1) is 18.3. The summed E-state index contributed by atoms with van der Waals surface area (Å²) >= 11 is 19.3. The number of amides is 1. The lowest BCUT2D eigenvalue weighted by Gasteiger charge is -2.06. The second-order valence-corrected chi connectivity index (χ2v) is 7.95. The zero-order chi connectivity index (χ0) is 19.0. The molecule has 0 aliphatic rings. The summed E-state index contributed by atoms with van der Waals surface area (Å²) in [6.45, 7) is 0. The van der Waals surface area contributed by atoms with Gasteiger partial charge in [-0.2, -0.15) is 0 Å². The van der Waals surface area contributed by atoms with Gasteiger partial charge in [-0.05, 0) is 30.3 Å². The van der Waals surface area contributed by atoms with Crippen LogP contribution in [0.2, 0.25) is 15.1 Å². The molecule has 0 atom stereocenters. The molecular formula is C19H12Cl3N3OS.